The predicted molar refractivity (Wildman–Crippen MR) is 113 cm³/mol. The SMILES string of the molecule is CCN1CCc2[nH]cnc2C12CCN(Cc1ccccc1Cn1cccn1)CC2. The van der Waals surface area contributed by atoms with E-state index in [1.165, 1.54) is 22.5 Å². The number of likely N-dealkylation sites (N-methyl/N-ethyl adjacent to an activating group) is 1. The largest absolute Gasteiger partial charge is 0.348 e. The van der Waals surface area contributed by atoms with E-state index in [9.17, 15) is 0 Å². The number of aromatic amines is 1. The third-order valence-corrected chi connectivity index (χ3v) is 6.86. The van der Waals surface area contributed by atoms with E-state index in [-0.39, 0.29) is 5.54 Å². The van der Waals surface area contributed by atoms with E-state index in [0.29, 0.717) is 0 Å². The lowest BCUT2D eigenvalue weighted by molar-refractivity contribution is 0.00703. The Balaban J connectivity index is 1.31. The van der Waals surface area contributed by atoms with Gasteiger partial charge in [-0.05, 0) is 36.6 Å². The van der Waals surface area contributed by atoms with E-state index >= 15 is 0 Å². The Hall–Kier alpha value is -2.44. The second-order valence-electron chi connectivity index (χ2n) is 8.34. The average molecular weight is 391 g/mol. The molecule has 0 radical (unpaired) electrons. The van der Waals surface area contributed by atoms with Crippen LogP contribution in [0, 0.1) is 0 Å². The number of nitrogens with one attached hydrogen (secondary N) is 1. The highest BCUT2D eigenvalue weighted by Crippen LogP contribution is 2.42. The van der Waals surface area contributed by atoms with Crippen molar-refractivity contribution in [1.82, 2.24) is 29.5 Å². The van der Waals surface area contributed by atoms with Gasteiger partial charge in [0.2, 0.25) is 0 Å². The monoisotopic (exact) mass is 390 g/mol. The molecule has 4 heterocycles. The van der Waals surface area contributed by atoms with Gasteiger partial charge in [0.25, 0.3) is 0 Å². The van der Waals surface area contributed by atoms with Crippen molar-refractivity contribution in [2.75, 3.05) is 26.2 Å². The first kappa shape index (κ1) is 18.6. The van der Waals surface area contributed by atoms with E-state index in [4.69, 9.17) is 4.98 Å². The molecule has 29 heavy (non-hydrogen) atoms. The van der Waals surface area contributed by atoms with Crippen LogP contribution in [0.3, 0.4) is 0 Å². The highest BCUT2D eigenvalue weighted by Gasteiger charge is 2.45. The summed E-state index contributed by atoms with van der Waals surface area (Å²) in [6.07, 6.45) is 9.17. The van der Waals surface area contributed by atoms with Gasteiger partial charge in [-0.2, -0.15) is 5.10 Å². The standard InChI is InChI=1S/C23H30N6/c1-2-28-13-8-21-22(25-18-24-21)23(28)9-14-27(15-10-23)16-19-6-3-4-7-20(19)17-29-12-5-11-26-29/h3-7,11-12,18H,2,8-10,13-17H2,1H3,(H,24,25). The van der Waals surface area contributed by atoms with Gasteiger partial charge in [-0.15, -0.1) is 0 Å². The summed E-state index contributed by atoms with van der Waals surface area (Å²) in [6.45, 7) is 8.58. The second-order valence-corrected chi connectivity index (χ2v) is 8.34. The molecule has 0 atom stereocenters. The van der Waals surface area contributed by atoms with Gasteiger partial charge in [-0.3, -0.25) is 14.5 Å². The summed E-state index contributed by atoms with van der Waals surface area (Å²) in [4.78, 5) is 13.4. The van der Waals surface area contributed by atoms with Gasteiger partial charge in [-0.25, -0.2) is 4.98 Å². The molecule has 1 aromatic carbocycles. The molecule has 1 saturated heterocycles. The number of piperidine rings is 1. The lowest BCUT2D eigenvalue weighted by atomic mass is 9.78. The van der Waals surface area contributed by atoms with Crippen LogP contribution in [0.2, 0.25) is 0 Å². The number of aromatic nitrogens is 4. The molecule has 1 spiro atoms. The number of imidazole rings is 1. The summed E-state index contributed by atoms with van der Waals surface area (Å²) in [5.41, 5.74) is 5.55. The minimum atomic E-state index is 0.118. The van der Waals surface area contributed by atoms with E-state index in [1.54, 1.807) is 0 Å². The van der Waals surface area contributed by atoms with Crippen molar-refractivity contribution in [2.24, 2.45) is 0 Å². The second kappa shape index (κ2) is 7.76. The van der Waals surface area contributed by atoms with Gasteiger partial charge in [-0.1, -0.05) is 31.2 Å². The Labute approximate surface area is 172 Å². The maximum absolute atomic E-state index is 4.77. The minimum Gasteiger partial charge on any atom is -0.348 e. The lowest BCUT2D eigenvalue weighted by Crippen LogP contribution is -2.56. The first-order valence-electron chi connectivity index (χ1n) is 10.8. The van der Waals surface area contributed by atoms with Gasteiger partial charge in [0.15, 0.2) is 0 Å². The zero-order chi connectivity index (χ0) is 19.7. The van der Waals surface area contributed by atoms with Gasteiger partial charge in [0.05, 0.1) is 24.1 Å². The molecule has 6 heteroatoms. The van der Waals surface area contributed by atoms with Crippen LogP contribution in [0.4, 0.5) is 0 Å². The van der Waals surface area contributed by atoms with E-state index in [0.717, 1.165) is 58.5 Å². The number of fused-ring (bicyclic) bond motifs is 2. The molecular weight excluding hydrogens is 360 g/mol. The normalized spacial score (nSPS) is 19.5. The molecule has 2 aromatic heterocycles. The third kappa shape index (κ3) is 3.40. The Morgan fingerprint density at radius 3 is 2.55 bits per heavy atom. The van der Waals surface area contributed by atoms with Crippen LogP contribution in [0.25, 0.3) is 0 Å². The molecule has 2 aliphatic rings. The fourth-order valence-electron chi connectivity index (χ4n) is 5.29. The first-order chi connectivity index (χ1) is 14.3. The molecule has 0 amide bonds. The van der Waals surface area contributed by atoms with Crippen LogP contribution in [0.1, 0.15) is 42.3 Å². The molecule has 3 aromatic rings. The van der Waals surface area contributed by atoms with Gasteiger partial charge >= 0.3 is 0 Å². The van der Waals surface area contributed by atoms with Crippen molar-refractivity contribution in [2.45, 2.75) is 44.8 Å². The summed E-state index contributed by atoms with van der Waals surface area (Å²) < 4.78 is 2.00. The zero-order valence-electron chi connectivity index (χ0n) is 17.2. The summed E-state index contributed by atoms with van der Waals surface area (Å²) >= 11 is 0. The Kier molecular flexibility index (Phi) is 4.97. The molecule has 1 fully saturated rings. The van der Waals surface area contributed by atoms with E-state index in [2.05, 4.69) is 51.1 Å². The Morgan fingerprint density at radius 2 is 1.83 bits per heavy atom. The summed E-state index contributed by atoms with van der Waals surface area (Å²) in [7, 11) is 0. The molecule has 5 rings (SSSR count). The molecule has 152 valence electrons. The van der Waals surface area contributed by atoms with Crippen molar-refractivity contribution in [3.63, 3.8) is 0 Å². The van der Waals surface area contributed by atoms with Crippen molar-refractivity contribution < 1.29 is 0 Å². The number of hydrogen-bond donors (Lipinski definition) is 1. The van der Waals surface area contributed by atoms with Crippen molar-refractivity contribution in [3.8, 4) is 0 Å². The van der Waals surface area contributed by atoms with Crippen LogP contribution in [0.15, 0.2) is 49.1 Å². The zero-order valence-corrected chi connectivity index (χ0v) is 17.2. The van der Waals surface area contributed by atoms with Crippen molar-refractivity contribution in [1.29, 1.82) is 0 Å². The molecule has 6 nitrogen and oxygen atoms in total. The number of likely N-dealkylation sites (tertiary alicyclic amines) is 1. The molecule has 0 saturated carbocycles. The topological polar surface area (TPSA) is 53.0 Å². The maximum atomic E-state index is 4.77. The molecular formula is C23H30N6. The van der Waals surface area contributed by atoms with Crippen LogP contribution >= 0.6 is 0 Å². The maximum Gasteiger partial charge on any atom is 0.0926 e. The Bertz CT molecular complexity index is 936. The molecule has 2 aliphatic heterocycles. The molecule has 1 N–H and O–H groups in total. The van der Waals surface area contributed by atoms with Gasteiger partial charge in [0, 0.05) is 50.7 Å². The highest BCUT2D eigenvalue weighted by atomic mass is 15.3. The molecule has 0 aliphatic carbocycles. The number of rotatable bonds is 5. The van der Waals surface area contributed by atoms with E-state index in [1.807, 2.05) is 29.5 Å². The lowest BCUT2D eigenvalue weighted by Gasteiger charge is -2.50. The first-order valence-corrected chi connectivity index (χ1v) is 10.8. The summed E-state index contributed by atoms with van der Waals surface area (Å²) in [5.74, 6) is 0. The smallest absolute Gasteiger partial charge is 0.0926 e. The fourth-order valence-corrected chi connectivity index (χ4v) is 5.29. The van der Waals surface area contributed by atoms with E-state index < -0.39 is 0 Å². The van der Waals surface area contributed by atoms with Gasteiger partial charge < -0.3 is 4.98 Å². The van der Waals surface area contributed by atoms with Crippen LogP contribution in [-0.2, 0) is 25.0 Å². The van der Waals surface area contributed by atoms with Crippen molar-refractivity contribution >= 4 is 0 Å². The van der Waals surface area contributed by atoms with Crippen LogP contribution in [-0.4, -0.2) is 55.7 Å². The van der Waals surface area contributed by atoms with Crippen molar-refractivity contribution in [3.05, 3.63) is 71.6 Å². The van der Waals surface area contributed by atoms with Gasteiger partial charge in [0.1, 0.15) is 0 Å². The summed E-state index contributed by atoms with van der Waals surface area (Å²) in [5, 5.41) is 4.38. The van der Waals surface area contributed by atoms with Crippen LogP contribution < -0.4 is 0 Å². The molecule has 0 bridgehead atoms. The number of benzene rings is 1. The van der Waals surface area contributed by atoms with Crippen LogP contribution in [0.5, 0.6) is 0 Å². The quantitative estimate of drug-likeness (QED) is 0.728. The highest BCUT2D eigenvalue weighted by molar-refractivity contribution is 5.29. The minimum absolute atomic E-state index is 0.118. The summed E-state index contributed by atoms with van der Waals surface area (Å²) in [6, 6.07) is 10.8. The molecule has 0 unspecified atom stereocenters. The third-order valence-electron chi connectivity index (χ3n) is 6.86. The fraction of sp³-hybridized carbons (Fsp3) is 0.478. The number of H-pyrrole nitrogens is 1. The number of hydrogen-bond acceptors (Lipinski definition) is 4. The number of nitrogens with zero attached hydrogens (tertiary/aromatic N) is 5. The predicted octanol–water partition coefficient (Wildman–Crippen LogP) is 3.02. The average Bonchev–Trinajstić information content (AvgIpc) is 3.44. The Morgan fingerprint density at radius 1 is 1.03 bits per heavy atom.